The van der Waals surface area contributed by atoms with Gasteiger partial charge in [0.15, 0.2) is 5.76 Å². The summed E-state index contributed by atoms with van der Waals surface area (Å²) in [6.07, 6.45) is 0.536. The van der Waals surface area contributed by atoms with E-state index in [9.17, 15) is 18.3 Å². The van der Waals surface area contributed by atoms with Crippen LogP contribution in [0.25, 0.3) is 11.3 Å². The zero-order valence-corrected chi connectivity index (χ0v) is 16.5. The fourth-order valence-electron chi connectivity index (χ4n) is 4.10. The summed E-state index contributed by atoms with van der Waals surface area (Å²) in [4.78, 5) is 12.1. The molecule has 0 saturated carbocycles. The van der Waals surface area contributed by atoms with Crippen molar-refractivity contribution in [3.63, 3.8) is 0 Å². The maximum atomic E-state index is 13.4. The molecule has 28 heavy (non-hydrogen) atoms. The zero-order chi connectivity index (χ0) is 20.1. The zero-order valence-electron chi connectivity index (χ0n) is 15.7. The summed E-state index contributed by atoms with van der Waals surface area (Å²) in [6.45, 7) is 4.10. The van der Waals surface area contributed by atoms with Crippen LogP contribution in [0.4, 0.5) is 0 Å². The molecule has 2 saturated heterocycles. The largest absolute Gasteiger partial charge is 0.481 e. The van der Waals surface area contributed by atoms with Gasteiger partial charge in [0, 0.05) is 31.3 Å². The maximum absolute atomic E-state index is 13.4. The van der Waals surface area contributed by atoms with Crippen molar-refractivity contribution in [2.45, 2.75) is 25.2 Å². The number of rotatable bonds is 4. The number of aryl methyl sites for hydroxylation is 2. The van der Waals surface area contributed by atoms with Gasteiger partial charge in [-0.25, -0.2) is 8.42 Å². The standard InChI is InChI=1S/C19H22N2O6S/c1-12-3-4-14(16-7-13(2)20-27-16)8-17(12)28(24,25)21-9-15-5-6-26-11-19(15,10-21)18(22)23/h3-4,7-8,15H,5-6,9-11H2,1-2H3,(H,22,23)/t15-,19+/m0/s1. The van der Waals surface area contributed by atoms with Crippen molar-refractivity contribution in [3.8, 4) is 11.3 Å². The number of hydrogen-bond donors (Lipinski definition) is 1. The van der Waals surface area contributed by atoms with E-state index in [4.69, 9.17) is 9.26 Å². The van der Waals surface area contributed by atoms with E-state index >= 15 is 0 Å². The highest BCUT2D eigenvalue weighted by Crippen LogP contribution is 2.44. The van der Waals surface area contributed by atoms with Crippen LogP contribution in [0.5, 0.6) is 0 Å². The molecule has 2 atom stereocenters. The molecule has 0 spiro atoms. The molecule has 2 aromatic rings. The summed E-state index contributed by atoms with van der Waals surface area (Å²) in [7, 11) is -3.87. The molecule has 0 radical (unpaired) electrons. The quantitative estimate of drug-likeness (QED) is 0.827. The lowest BCUT2D eigenvalue weighted by molar-refractivity contribution is -0.159. The predicted molar refractivity (Wildman–Crippen MR) is 99.2 cm³/mol. The monoisotopic (exact) mass is 406 g/mol. The average Bonchev–Trinajstić information content (AvgIpc) is 3.26. The summed E-state index contributed by atoms with van der Waals surface area (Å²) in [5.41, 5.74) is 0.721. The first-order valence-electron chi connectivity index (χ1n) is 9.10. The fourth-order valence-corrected chi connectivity index (χ4v) is 5.90. The number of aromatic nitrogens is 1. The molecule has 0 aliphatic carbocycles. The Morgan fingerprint density at radius 3 is 2.75 bits per heavy atom. The van der Waals surface area contributed by atoms with Crippen LogP contribution in [0.3, 0.4) is 0 Å². The first-order valence-corrected chi connectivity index (χ1v) is 10.5. The second-order valence-corrected chi connectivity index (χ2v) is 9.52. The van der Waals surface area contributed by atoms with Gasteiger partial charge >= 0.3 is 5.97 Å². The molecular formula is C19H22N2O6S. The van der Waals surface area contributed by atoms with Gasteiger partial charge in [0.1, 0.15) is 5.41 Å². The number of carboxylic acid groups (broad SMARTS) is 1. The number of aliphatic carboxylic acids is 1. The van der Waals surface area contributed by atoms with Crippen molar-refractivity contribution in [2.24, 2.45) is 11.3 Å². The predicted octanol–water partition coefficient (Wildman–Crippen LogP) is 2.07. The molecule has 3 heterocycles. The first kappa shape index (κ1) is 19.1. The van der Waals surface area contributed by atoms with Gasteiger partial charge in [-0.2, -0.15) is 4.31 Å². The Kier molecular flexibility index (Phi) is 4.56. The smallest absolute Gasteiger partial charge is 0.313 e. The first-order chi connectivity index (χ1) is 13.2. The van der Waals surface area contributed by atoms with Crippen LogP contribution >= 0.6 is 0 Å². The molecule has 2 aliphatic rings. The number of sulfonamides is 1. The SMILES string of the molecule is Cc1cc(-c2ccc(C)c(S(=O)(=O)N3C[C@@H]4CCOC[C@]4(C(=O)O)C3)c2)on1. The van der Waals surface area contributed by atoms with Gasteiger partial charge < -0.3 is 14.4 Å². The average molecular weight is 406 g/mol. The second kappa shape index (κ2) is 6.68. The molecule has 1 N–H and O–H groups in total. The van der Waals surface area contributed by atoms with Crippen LogP contribution in [-0.2, 0) is 19.6 Å². The lowest BCUT2D eigenvalue weighted by Crippen LogP contribution is -2.46. The number of ether oxygens (including phenoxy) is 1. The molecule has 2 fully saturated rings. The number of benzene rings is 1. The Labute approximate surface area is 163 Å². The number of carbonyl (C=O) groups is 1. The molecule has 8 nitrogen and oxygen atoms in total. The number of nitrogens with zero attached hydrogens (tertiary/aromatic N) is 2. The Morgan fingerprint density at radius 1 is 1.32 bits per heavy atom. The number of carboxylic acids is 1. The highest BCUT2D eigenvalue weighted by atomic mass is 32.2. The van der Waals surface area contributed by atoms with Crippen LogP contribution < -0.4 is 0 Å². The minimum absolute atomic E-state index is 0.0371. The van der Waals surface area contributed by atoms with Crippen molar-refractivity contribution in [3.05, 3.63) is 35.5 Å². The highest BCUT2D eigenvalue weighted by Gasteiger charge is 2.56. The van der Waals surface area contributed by atoms with E-state index in [1.54, 1.807) is 38.1 Å². The Hall–Kier alpha value is -2.23. The lowest BCUT2D eigenvalue weighted by Gasteiger charge is -2.34. The summed E-state index contributed by atoms with van der Waals surface area (Å²) in [6, 6.07) is 6.81. The normalized spacial score (nSPS) is 25.6. The van der Waals surface area contributed by atoms with Crippen LogP contribution in [-0.4, -0.2) is 55.3 Å². The molecule has 0 bridgehead atoms. The number of fused-ring (bicyclic) bond motifs is 1. The van der Waals surface area contributed by atoms with E-state index in [0.717, 1.165) is 0 Å². The van der Waals surface area contributed by atoms with Crippen molar-refractivity contribution in [2.75, 3.05) is 26.3 Å². The fraction of sp³-hybridized carbons (Fsp3) is 0.474. The van der Waals surface area contributed by atoms with Gasteiger partial charge in [-0.1, -0.05) is 17.3 Å². The molecule has 1 aromatic carbocycles. The molecule has 4 rings (SSSR count). The van der Waals surface area contributed by atoms with Crippen LogP contribution in [0.1, 0.15) is 17.7 Å². The van der Waals surface area contributed by atoms with E-state index in [2.05, 4.69) is 5.16 Å². The summed E-state index contributed by atoms with van der Waals surface area (Å²) in [5.74, 6) is -0.772. The van der Waals surface area contributed by atoms with Crippen molar-refractivity contribution in [1.82, 2.24) is 9.46 Å². The van der Waals surface area contributed by atoms with E-state index in [0.29, 0.717) is 35.6 Å². The van der Waals surface area contributed by atoms with Crippen LogP contribution in [0.15, 0.2) is 33.7 Å². The molecule has 1 aromatic heterocycles. The van der Waals surface area contributed by atoms with Crippen molar-refractivity contribution < 1.29 is 27.6 Å². The molecule has 2 aliphatic heterocycles. The van der Waals surface area contributed by atoms with Gasteiger partial charge in [0.05, 0.1) is 17.2 Å². The lowest BCUT2D eigenvalue weighted by atomic mass is 9.76. The van der Waals surface area contributed by atoms with Crippen molar-refractivity contribution >= 4 is 16.0 Å². The minimum atomic E-state index is -3.87. The maximum Gasteiger partial charge on any atom is 0.313 e. The highest BCUT2D eigenvalue weighted by molar-refractivity contribution is 7.89. The van der Waals surface area contributed by atoms with Gasteiger partial charge in [-0.05, 0) is 37.8 Å². The summed E-state index contributed by atoms with van der Waals surface area (Å²) in [5, 5.41) is 13.6. The molecule has 0 amide bonds. The Morgan fingerprint density at radius 2 is 2.11 bits per heavy atom. The van der Waals surface area contributed by atoms with E-state index in [1.807, 2.05) is 0 Å². The van der Waals surface area contributed by atoms with E-state index in [-0.39, 0.29) is 30.5 Å². The van der Waals surface area contributed by atoms with Gasteiger partial charge in [0.2, 0.25) is 10.0 Å². The van der Waals surface area contributed by atoms with E-state index < -0.39 is 21.4 Å². The Bertz CT molecular complexity index is 1030. The van der Waals surface area contributed by atoms with Crippen LogP contribution in [0, 0.1) is 25.2 Å². The minimum Gasteiger partial charge on any atom is -0.481 e. The third-order valence-corrected chi connectivity index (χ3v) is 7.73. The topological polar surface area (TPSA) is 110 Å². The number of hydrogen-bond acceptors (Lipinski definition) is 6. The van der Waals surface area contributed by atoms with Gasteiger partial charge in [0.25, 0.3) is 0 Å². The molecule has 9 heteroatoms. The van der Waals surface area contributed by atoms with Gasteiger partial charge in [-0.15, -0.1) is 0 Å². The summed E-state index contributed by atoms with van der Waals surface area (Å²) < 4.78 is 38.7. The third-order valence-electron chi connectivity index (χ3n) is 5.78. The van der Waals surface area contributed by atoms with Crippen molar-refractivity contribution in [1.29, 1.82) is 0 Å². The van der Waals surface area contributed by atoms with Crippen LogP contribution in [0.2, 0.25) is 0 Å². The molecular weight excluding hydrogens is 384 g/mol. The third kappa shape index (κ3) is 2.94. The van der Waals surface area contributed by atoms with E-state index in [1.165, 1.54) is 4.31 Å². The van der Waals surface area contributed by atoms with Gasteiger partial charge in [-0.3, -0.25) is 4.79 Å². The second-order valence-electron chi connectivity index (χ2n) is 7.61. The summed E-state index contributed by atoms with van der Waals surface area (Å²) >= 11 is 0. The molecule has 0 unspecified atom stereocenters. The molecule has 150 valence electrons. The Balaban J connectivity index is 1.72.